The molecule has 6 heteroatoms. The van der Waals surface area contributed by atoms with E-state index in [2.05, 4.69) is 0 Å². The van der Waals surface area contributed by atoms with Gasteiger partial charge in [0, 0.05) is 22.3 Å². The summed E-state index contributed by atoms with van der Waals surface area (Å²) in [6.07, 6.45) is 0.988. The van der Waals surface area contributed by atoms with Gasteiger partial charge in [0.25, 0.3) is 0 Å². The van der Waals surface area contributed by atoms with Gasteiger partial charge in [0.05, 0.1) is 24.3 Å². The van der Waals surface area contributed by atoms with E-state index in [1.54, 1.807) is 84.9 Å². The average molecular weight is 507 g/mol. The molecule has 0 aliphatic rings. The number of benzene rings is 4. The normalized spacial score (nSPS) is 10.4. The van der Waals surface area contributed by atoms with Gasteiger partial charge in [-0.25, -0.2) is 9.59 Å². The van der Waals surface area contributed by atoms with Crippen LogP contribution in [-0.4, -0.2) is 36.7 Å². The second-order valence-electron chi connectivity index (χ2n) is 8.53. The van der Waals surface area contributed by atoms with Crippen LogP contribution in [0.5, 0.6) is 0 Å². The third-order valence-corrected chi connectivity index (χ3v) is 5.80. The van der Waals surface area contributed by atoms with Crippen molar-refractivity contribution in [1.82, 2.24) is 0 Å². The van der Waals surface area contributed by atoms with Gasteiger partial charge in [0.15, 0.2) is 11.6 Å². The molecular weight excluding hydrogens is 480 g/mol. The van der Waals surface area contributed by atoms with E-state index in [4.69, 9.17) is 9.47 Å². The number of hydrogen-bond donors (Lipinski definition) is 0. The summed E-state index contributed by atoms with van der Waals surface area (Å²) in [5, 5.41) is 0. The summed E-state index contributed by atoms with van der Waals surface area (Å²) in [4.78, 5) is 50.1. The maximum absolute atomic E-state index is 12.6. The number of rotatable bonds is 11. The summed E-state index contributed by atoms with van der Waals surface area (Å²) in [6, 6.07) is 30.6. The first-order valence-corrected chi connectivity index (χ1v) is 12.3. The maximum atomic E-state index is 12.6. The Morgan fingerprint density at radius 2 is 0.763 bits per heavy atom. The highest BCUT2D eigenvalue weighted by Gasteiger charge is 2.14. The average Bonchev–Trinajstić information content (AvgIpc) is 2.99. The van der Waals surface area contributed by atoms with E-state index in [-0.39, 0.29) is 24.8 Å². The van der Waals surface area contributed by atoms with Crippen molar-refractivity contribution in [3.63, 3.8) is 0 Å². The van der Waals surface area contributed by atoms with Gasteiger partial charge >= 0.3 is 11.9 Å². The number of carbonyl (C=O) groups is 4. The molecular formula is C32H26O6. The zero-order valence-electron chi connectivity index (χ0n) is 20.7. The second kappa shape index (κ2) is 12.9. The summed E-state index contributed by atoms with van der Waals surface area (Å²) >= 11 is 0. The zero-order chi connectivity index (χ0) is 26.7. The van der Waals surface area contributed by atoms with Gasteiger partial charge in [0.2, 0.25) is 0 Å². The lowest BCUT2D eigenvalue weighted by Crippen LogP contribution is -2.11. The Morgan fingerprint density at radius 3 is 1.16 bits per heavy atom. The fourth-order valence-corrected chi connectivity index (χ4v) is 3.79. The van der Waals surface area contributed by atoms with Crippen molar-refractivity contribution in [2.45, 2.75) is 12.8 Å². The topological polar surface area (TPSA) is 86.7 Å². The van der Waals surface area contributed by atoms with Gasteiger partial charge < -0.3 is 9.47 Å². The molecule has 0 amide bonds. The number of carbonyl (C=O) groups excluding carboxylic acids is 4. The van der Waals surface area contributed by atoms with Crippen LogP contribution in [0.15, 0.2) is 109 Å². The molecule has 0 aliphatic heterocycles. The molecule has 38 heavy (non-hydrogen) atoms. The Morgan fingerprint density at radius 1 is 0.421 bits per heavy atom. The van der Waals surface area contributed by atoms with Crippen LogP contribution < -0.4 is 0 Å². The number of esters is 2. The predicted octanol–water partition coefficient (Wildman–Crippen LogP) is 5.94. The molecule has 0 aromatic heterocycles. The molecule has 0 fully saturated rings. The van der Waals surface area contributed by atoms with Gasteiger partial charge in [-0.1, -0.05) is 84.9 Å². The van der Waals surface area contributed by atoms with Crippen LogP contribution in [0.2, 0.25) is 0 Å². The van der Waals surface area contributed by atoms with Gasteiger partial charge in [-0.05, 0) is 37.1 Å². The van der Waals surface area contributed by atoms with E-state index >= 15 is 0 Å². The van der Waals surface area contributed by atoms with Crippen molar-refractivity contribution < 1.29 is 28.7 Å². The van der Waals surface area contributed by atoms with Crippen molar-refractivity contribution in [2.24, 2.45) is 0 Å². The summed E-state index contributed by atoms with van der Waals surface area (Å²) in [6.45, 7) is 0.294. The molecule has 6 nitrogen and oxygen atoms in total. The molecule has 0 heterocycles. The maximum Gasteiger partial charge on any atom is 0.338 e. The van der Waals surface area contributed by atoms with Crippen LogP contribution in [0.1, 0.15) is 65.4 Å². The van der Waals surface area contributed by atoms with Crippen LogP contribution in [0, 0.1) is 0 Å². The van der Waals surface area contributed by atoms with E-state index in [1.165, 1.54) is 12.1 Å². The Balaban J connectivity index is 1.21. The zero-order valence-corrected chi connectivity index (χ0v) is 20.7. The molecule has 0 bridgehead atoms. The highest BCUT2D eigenvalue weighted by atomic mass is 16.5. The molecule has 0 saturated heterocycles. The van der Waals surface area contributed by atoms with Gasteiger partial charge in [0.1, 0.15) is 0 Å². The summed E-state index contributed by atoms with van der Waals surface area (Å²) < 4.78 is 10.6. The highest BCUT2D eigenvalue weighted by Crippen LogP contribution is 2.14. The first kappa shape index (κ1) is 26.2. The van der Waals surface area contributed by atoms with Crippen LogP contribution in [-0.2, 0) is 9.47 Å². The fourth-order valence-electron chi connectivity index (χ4n) is 3.79. The molecule has 4 aromatic carbocycles. The quantitative estimate of drug-likeness (QED) is 0.142. The summed E-state index contributed by atoms with van der Waals surface area (Å²) in [5.74, 6) is -1.39. The Bertz CT molecular complexity index is 1320. The summed E-state index contributed by atoms with van der Waals surface area (Å²) in [5.41, 5.74) is 2.50. The first-order valence-electron chi connectivity index (χ1n) is 12.3. The van der Waals surface area contributed by atoms with Gasteiger partial charge in [-0.2, -0.15) is 0 Å². The van der Waals surface area contributed by atoms with E-state index in [0.717, 1.165) is 0 Å². The number of hydrogen-bond acceptors (Lipinski definition) is 6. The number of ether oxygens (including phenoxy) is 2. The molecule has 0 unspecified atom stereocenters. The Kier molecular flexibility index (Phi) is 8.92. The van der Waals surface area contributed by atoms with Crippen molar-refractivity contribution in [1.29, 1.82) is 0 Å². The van der Waals surface area contributed by atoms with Gasteiger partial charge in [-0.3, -0.25) is 9.59 Å². The molecule has 0 saturated carbocycles. The number of unbranched alkanes of at least 4 members (excludes halogenated alkanes) is 1. The van der Waals surface area contributed by atoms with Crippen molar-refractivity contribution in [3.8, 4) is 0 Å². The largest absolute Gasteiger partial charge is 0.462 e. The molecule has 190 valence electrons. The van der Waals surface area contributed by atoms with Crippen LogP contribution in [0.3, 0.4) is 0 Å². The molecule has 0 radical (unpaired) electrons. The Hall–Kier alpha value is -4.84. The monoisotopic (exact) mass is 506 g/mol. The first-order chi connectivity index (χ1) is 18.5. The fraction of sp³-hybridized carbons (Fsp3) is 0.125. The standard InChI is InChI=1S/C32H26O6/c33-29(23-11-3-1-4-12-23)25-15-9-17-27(21-25)31(35)37-19-7-8-20-38-32(36)28-18-10-16-26(22-28)30(34)24-13-5-2-6-14-24/h1-6,9-18,21-22H,7-8,19-20H2. The molecule has 0 spiro atoms. The third kappa shape index (κ3) is 6.89. The smallest absolute Gasteiger partial charge is 0.338 e. The Labute approximate surface area is 220 Å². The minimum Gasteiger partial charge on any atom is -0.462 e. The molecule has 0 N–H and O–H groups in total. The second-order valence-corrected chi connectivity index (χ2v) is 8.53. The van der Waals surface area contributed by atoms with Crippen molar-refractivity contribution in [3.05, 3.63) is 143 Å². The molecule has 0 atom stereocenters. The van der Waals surface area contributed by atoms with Crippen LogP contribution in [0.4, 0.5) is 0 Å². The van der Waals surface area contributed by atoms with Crippen LogP contribution >= 0.6 is 0 Å². The lowest BCUT2D eigenvalue weighted by atomic mass is 10.0. The SMILES string of the molecule is O=C(OCCCCOC(=O)c1cccc(C(=O)c2ccccc2)c1)c1cccc(C(=O)c2ccccc2)c1. The van der Waals surface area contributed by atoms with Crippen LogP contribution in [0.25, 0.3) is 0 Å². The number of ketones is 2. The lowest BCUT2D eigenvalue weighted by molar-refractivity contribution is 0.0432. The van der Waals surface area contributed by atoms with Crippen molar-refractivity contribution in [2.75, 3.05) is 13.2 Å². The lowest BCUT2D eigenvalue weighted by Gasteiger charge is -2.08. The molecule has 4 aromatic rings. The summed E-state index contributed by atoms with van der Waals surface area (Å²) in [7, 11) is 0. The minimum absolute atomic E-state index is 0.147. The highest BCUT2D eigenvalue weighted by molar-refractivity contribution is 6.10. The third-order valence-electron chi connectivity index (χ3n) is 5.80. The van der Waals surface area contributed by atoms with Gasteiger partial charge in [-0.15, -0.1) is 0 Å². The van der Waals surface area contributed by atoms with E-state index in [0.29, 0.717) is 46.2 Å². The predicted molar refractivity (Wildman–Crippen MR) is 142 cm³/mol. The molecule has 4 rings (SSSR count). The van der Waals surface area contributed by atoms with Crippen molar-refractivity contribution >= 4 is 23.5 Å². The van der Waals surface area contributed by atoms with E-state index < -0.39 is 11.9 Å². The minimum atomic E-state index is -0.524. The van der Waals surface area contributed by atoms with E-state index in [9.17, 15) is 19.2 Å². The molecule has 0 aliphatic carbocycles. The van der Waals surface area contributed by atoms with E-state index in [1.807, 2.05) is 12.1 Å².